The molecule has 106 valence electrons. The van der Waals surface area contributed by atoms with Crippen molar-refractivity contribution in [2.45, 2.75) is 52.8 Å². The summed E-state index contributed by atoms with van der Waals surface area (Å²) in [6.07, 6.45) is 1.54. The monoisotopic (exact) mass is 261 g/mol. The van der Waals surface area contributed by atoms with Gasteiger partial charge in [0.1, 0.15) is 0 Å². The summed E-state index contributed by atoms with van der Waals surface area (Å²) in [7, 11) is 0. The topological polar surface area (TPSA) is 21.3 Å². The molecule has 0 aliphatic heterocycles. The van der Waals surface area contributed by atoms with Crippen LogP contribution in [0.25, 0.3) is 0 Å². The second-order valence-electron chi connectivity index (χ2n) is 6.69. The van der Waals surface area contributed by atoms with E-state index in [0.29, 0.717) is 18.1 Å². The molecule has 0 bridgehead atoms. The standard InChI is InChI=1S/C17H27NO/c1-13(2)12-19-16-10-15(17(16,3)4)18-11-14-8-6-5-7-9-14/h5-9,13,15-16,18H,10-12H2,1-4H3. The first-order valence-corrected chi connectivity index (χ1v) is 7.39. The summed E-state index contributed by atoms with van der Waals surface area (Å²) in [5.74, 6) is 0.618. The van der Waals surface area contributed by atoms with Gasteiger partial charge in [0.15, 0.2) is 0 Å². The molecule has 1 aliphatic rings. The van der Waals surface area contributed by atoms with Gasteiger partial charge in [0.25, 0.3) is 0 Å². The second kappa shape index (κ2) is 6.06. The molecule has 0 saturated heterocycles. The fourth-order valence-corrected chi connectivity index (χ4v) is 2.66. The van der Waals surface area contributed by atoms with Crippen LogP contribution < -0.4 is 5.32 Å². The molecule has 0 spiro atoms. The highest BCUT2D eigenvalue weighted by Gasteiger charge is 2.48. The van der Waals surface area contributed by atoms with E-state index in [0.717, 1.165) is 19.6 Å². The SMILES string of the molecule is CC(C)COC1CC(NCc2ccccc2)C1(C)C. The molecule has 2 unspecified atom stereocenters. The zero-order valence-corrected chi connectivity index (χ0v) is 12.6. The average molecular weight is 261 g/mol. The third kappa shape index (κ3) is 3.58. The lowest BCUT2D eigenvalue weighted by Crippen LogP contribution is -2.60. The molecular weight excluding hydrogens is 234 g/mol. The molecule has 19 heavy (non-hydrogen) atoms. The molecule has 1 saturated carbocycles. The number of benzene rings is 1. The molecular formula is C17H27NO. The quantitative estimate of drug-likeness (QED) is 0.844. The minimum Gasteiger partial charge on any atom is -0.377 e. The summed E-state index contributed by atoms with van der Waals surface area (Å²) < 4.78 is 6.00. The van der Waals surface area contributed by atoms with E-state index in [-0.39, 0.29) is 5.41 Å². The molecule has 0 radical (unpaired) electrons. The van der Waals surface area contributed by atoms with Crippen LogP contribution >= 0.6 is 0 Å². The number of nitrogens with one attached hydrogen (secondary N) is 1. The zero-order valence-electron chi connectivity index (χ0n) is 12.6. The largest absolute Gasteiger partial charge is 0.377 e. The molecule has 0 heterocycles. The molecule has 1 aromatic rings. The van der Waals surface area contributed by atoms with Crippen molar-refractivity contribution in [1.82, 2.24) is 5.32 Å². The van der Waals surface area contributed by atoms with Crippen molar-refractivity contribution in [1.29, 1.82) is 0 Å². The lowest BCUT2D eigenvalue weighted by atomic mass is 9.64. The Kier molecular flexibility index (Phi) is 4.64. The highest BCUT2D eigenvalue weighted by atomic mass is 16.5. The Bertz CT molecular complexity index is 386. The summed E-state index contributed by atoms with van der Waals surface area (Å²) in [4.78, 5) is 0. The Morgan fingerprint density at radius 3 is 2.53 bits per heavy atom. The van der Waals surface area contributed by atoms with Crippen LogP contribution in [0.4, 0.5) is 0 Å². The van der Waals surface area contributed by atoms with Crippen LogP contribution in [0.5, 0.6) is 0 Å². The second-order valence-corrected chi connectivity index (χ2v) is 6.69. The van der Waals surface area contributed by atoms with Crippen molar-refractivity contribution in [2.75, 3.05) is 6.61 Å². The van der Waals surface area contributed by atoms with Crippen LogP contribution in [0.15, 0.2) is 30.3 Å². The lowest BCUT2D eigenvalue weighted by Gasteiger charge is -2.52. The Morgan fingerprint density at radius 1 is 1.26 bits per heavy atom. The van der Waals surface area contributed by atoms with Crippen molar-refractivity contribution in [2.24, 2.45) is 11.3 Å². The average Bonchev–Trinajstić information content (AvgIpc) is 2.37. The number of rotatable bonds is 6. The first-order chi connectivity index (χ1) is 9.00. The lowest BCUT2D eigenvalue weighted by molar-refractivity contribution is -0.124. The van der Waals surface area contributed by atoms with Crippen LogP contribution in [-0.4, -0.2) is 18.8 Å². The van der Waals surface area contributed by atoms with E-state index >= 15 is 0 Å². The van der Waals surface area contributed by atoms with Gasteiger partial charge in [-0.2, -0.15) is 0 Å². The van der Waals surface area contributed by atoms with Crippen LogP contribution in [0, 0.1) is 11.3 Å². The smallest absolute Gasteiger partial charge is 0.0656 e. The number of hydrogen-bond donors (Lipinski definition) is 1. The molecule has 1 N–H and O–H groups in total. The van der Waals surface area contributed by atoms with Crippen molar-refractivity contribution in [3.63, 3.8) is 0 Å². The molecule has 1 aliphatic carbocycles. The molecule has 2 atom stereocenters. The van der Waals surface area contributed by atoms with Gasteiger partial charge in [-0.05, 0) is 17.9 Å². The minimum absolute atomic E-state index is 0.240. The van der Waals surface area contributed by atoms with Crippen molar-refractivity contribution in [3.8, 4) is 0 Å². The first-order valence-electron chi connectivity index (χ1n) is 7.39. The molecule has 2 rings (SSSR count). The van der Waals surface area contributed by atoms with Gasteiger partial charge < -0.3 is 10.1 Å². The third-order valence-electron chi connectivity index (χ3n) is 4.20. The molecule has 0 amide bonds. The van der Waals surface area contributed by atoms with E-state index in [9.17, 15) is 0 Å². The highest BCUT2D eigenvalue weighted by Crippen LogP contribution is 2.43. The molecule has 2 nitrogen and oxygen atoms in total. The van der Waals surface area contributed by atoms with Gasteiger partial charge in [-0.25, -0.2) is 0 Å². The van der Waals surface area contributed by atoms with E-state index in [1.54, 1.807) is 0 Å². The predicted octanol–water partition coefficient (Wildman–Crippen LogP) is 3.62. The fourth-order valence-electron chi connectivity index (χ4n) is 2.66. The molecule has 0 aromatic heterocycles. The van der Waals surface area contributed by atoms with E-state index in [4.69, 9.17) is 4.74 Å². The van der Waals surface area contributed by atoms with Gasteiger partial charge >= 0.3 is 0 Å². The predicted molar refractivity (Wildman–Crippen MR) is 80.0 cm³/mol. The molecule has 1 fully saturated rings. The molecule has 1 aromatic carbocycles. The Hall–Kier alpha value is -0.860. The summed E-state index contributed by atoms with van der Waals surface area (Å²) in [5.41, 5.74) is 1.59. The number of ether oxygens (including phenoxy) is 1. The van der Waals surface area contributed by atoms with Gasteiger partial charge in [-0.1, -0.05) is 58.0 Å². The van der Waals surface area contributed by atoms with Crippen LogP contribution in [0.2, 0.25) is 0 Å². The van der Waals surface area contributed by atoms with Crippen molar-refractivity contribution in [3.05, 3.63) is 35.9 Å². The van der Waals surface area contributed by atoms with Crippen LogP contribution in [0.1, 0.15) is 39.7 Å². The number of hydrogen-bond acceptors (Lipinski definition) is 2. The van der Waals surface area contributed by atoms with Gasteiger partial charge in [-0.3, -0.25) is 0 Å². The Labute approximate surface area is 117 Å². The van der Waals surface area contributed by atoms with Gasteiger partial charge in [0.05, 0.1) is 6.10 Å². The van der Waals surface area contributed by atoms with Gasteiger partial charge in [-0.15, -0.1) is 0 Å². The van der Waals surface area contributed by atoms with Crippen LogP contribution in [-0.2, 0) is 11.3 Å². The maximum absolute atomic E-state index is 6.00. The summed E-state index contributed by atoms with van der Waals surface area (Å²) >= 11 is 0. The Morgan fingerprint density at radius 2 is 1.95 bits per heavy atom. The van der Waals surface area contributed by atoms with Crippen LogP contribution in [0.3, 0.4) is 0 Å². The zero-order chi connectivity index (χ0) is 13.9. The van der Waals surface area contributed by atoms with Gasteiger partial charge in [0, 0.05) is 24.6 Å². The van der Waals surface area contributed by atoms with Gasteiger partial charge in [0.2, 0.25) is 0 Å². The van der Waals surface area contributed by atoms with E-state index in [2.05, 4.69) is 63.3 Å². The summed E-state index contributed by atoms with van der Waals surface area (Å²) in [6.45, 7) is 10.9. The molecule has 2 heteroatoms. The maximum atomic E-state index is 6.00. The Balaban J connectivity index is 1.78. The first kappa shape index (κ1) is 14.5. The normalized spacial score (nSPS) is 25.3. The van der Waals surface area contributed by atoms with Crippen molar-refractivity contribution >= 4 is 0 Å². The summed E-state index contributed by atoms with van der Waals surface area (Å²) in [5, 5.41) is 3.66. The fraction of sp³-hybridized carbons (Fsp3) is 0.647. The third-order valence-corrected chi connectivity index (χ3v) is 4.20. The van der Waals surface area contributed by atoms with E-state index in [1.165, 1.54) is 5.56 Å². The summed E-state index contributed by atoms with van der Waals surface area (Å²) in [6, 6.07) is 11.2. The minimum atomic E-state index is 0.240. The van der Waals surface area contributed by atoms with E-state index < -0.39 is 0 Å². The van der Waals surface area contributed by atoms with E-state index in [1.807, 2.05) is 0 Å². The highest BCUT2D eigenvalue weighted by molar-refractivity contribution is 5.15. The van der Waals surface area contributed by atoms with Crippen molar-refractivity contribution < 1.29 is 4.74 Å². The maximum Gasteiger partial charge on any atom is 0.0656 e.